The molecular formula is C16H16Cl2N2O3S. The number of carbonyl (C=O) groups is 2. The van der Waals surface area contributed by atoms with Gasteiger partial charge in [-0.05, 0) is 25.1 Å². The predicted octanol–water partition coefficient (Wildman–Crippen LogP) is 3.98. The maximum Gasteiger partial charge on any atom is 0.305 e. The summed E-state index contributed by atoms with van der Waals surface area (Å²) in [7, 11) is 0. The van der Waals surface area contributed by atoms with Gasteiger partial charge in [0, 0.05) is 29.1 Å². The molecule has 2 rings (SSSR count). The highest BCUT2D eigenvalue weighted by Crippen LogP contribution is 2.32. The van der Waals surface area contributed by atoms with Gasteiger partial charge in [0.15, 0.2) is 0 Å². The molecule has 0 aliphatic carbocycles. The molecule has 0 radical (unpaired) electrons. The standard InChI is InChI=1S/C16H16Cl2N2O3S/c1-2-20(6-5-15(22)23)14(21)8-11-9-24-16(19-11)12-4-3-10(17)7-13(12)18/h3-4,7,9H,2,5-6,8H2,1H3,(H,22,23). The van der Waals surface area contributed by atoms with Crippen LogP contribution in [0.4, 0.5) is 0 Å². The van der Waals surface area contributed by atoms with E-state index < -0.39 is 5.97 Å². The third-order valence-electron chi connectivity index (χ3n) is 3.38. The minimum atomic E-state index is -0.922. The Morgan fingerprint density at radius 3 is 2.71 bits per heavy atom. The number of hydrogen-bond donors (Lipinski definition) is 1. The molecule has 0 saturated heterocycles. The Hall–Kier alpha value is -1.63. The molecule has 0 atom stereocenters. The third kappa shape index (κ3) is 4.93. The minimum Gasteiger partial charge on any atom is -0.481 e. The number of aliphatic carboxylic acids is 1. The van der Waals surface area contributed by atoms with E-state index >= 15 is 0 Å². The van der Waals surface area contributed by atoms with Crippen LogP contribution in [0.5, 0.6) is 0 Å². The average molecular weight is 387 g/mol. The molecule has 0 saturated carbocycles. The molecular weight excluding hydrogens is 371 g/mol. The molecule has 2 aromatic rings. The largest absolute Gasteiger partial charge is 0.481 e. The molecule has 128 valence electrons. The number of carboxylic acid groups (broad SMARTS) is 1. The van der Waals surface area contributed by atoms with Crippen LogP contribution in [0, 0.1) is 0 Å². The highest BCUT2D eigenvalue weighted by atomic mass is 35.5. The number of carboxylic acids is 1. The van der Waals surface area contributed by atoms with E-state index in [0.717, 1.165) is 5.56 Å². The average Bonchev–Trinajstić information content (AvgIpc) is 2.95. The highest BCUT2D eigenvalue weighted by molar-refractivity contribution is 7.13. The van der Waals surface area contributed by atoms with E-state index in [1.807, 2.05) is 12.3 Å². The Morgan fingerprint density at radius 2 is 2.08 bits per heavy atom. The summed E-state index contributed by atoms with van der Waals surface area (Å²) >= 11 is 13.5. The Labute approximate surface area is 153 Å². The van der Waals surface area contributed by atoms with Crippen LogP contribution < -0.4 is 0 Å². The lowest BCUT2D eigenvalue weighted by molar-refractivity contribution is -0.138. The molecule has 0 bridgehead atoms. The van der Waals surface area contributed by atoms with Crippen molar-refractivity contribution in [1.29, 1.82) is 0 Å². The van der Waals surface area contributed by atoms with Gasteiger partial charge in [-0.3, -0.25) is 9.59 Å². The normalized spacial score (nSPS) is 10.6. The van der Waals surface area contributed by atoms with Gasteiger partial charge in [0.2, 0.25) is 5.91 Å². The van der Waals surface area contributed by atoms with Crippen LogP contribution >= 0.6 is 34.5 Å². The smallest absolute Gasteiger partial charge is 0.305 e. The van der Waals surface area contributed by atoms with E-state index in [-0.39, 0.29) is 25.3 Å². The molecule has 1 amide bonds. The summed E-state index contributed by atoms with van der Waals surface area (Å²) in [6.45, 7) is 2.48. The summed E-state index contributed by atoms with van der Waals surface area (Å²) in [5.74, 6) is -1.06. The fourth-order valence-corrected chi connectivity index (χ4v) is 3.54. The number of halogens is 2. The summed E-state index contributed by atoms with van der Waals surface area (Å²) in [5, 5.41) is 12.3. The summed E-state index contributed by atoms with van der Waals surface area (Å²) in [5.41, 5.74) is 1.41. The van der Waals surface area contributed by atoms with Crippen LogP contribution in [0.2, 0.25) is 10.0 Å². The number of likely N-dealkylation sites (N-methyl/N-ethyl adjacent to an activating group) is 1. The van der Waals surface area contributed by atoms with E-state index in [9.17, 15) is 9.59 Å². The summed E-state index contributed by atoms with van der Waals surface area (Å²) in [6, 6.07) is 5.18. The van der Waals surface area contributed by atoms with Gasteiger partial charge in [-0.2, -0.15) is 0 Å². The first kappa shape index (κ1) is 18.7. The van der Waals surface area contributed by atoms with Crippen LogP contribution in [-0.4, -0.2) is 40.0 Å². The lowest BCUT2D eigenvalue weighted by Gasteiger charge is -2.19. The highest BCUT2D eigenvalue weighted by Gasteiger charge is 2.16. The van der Waals surface area contributed by atoms with Crippen molar-refractivity contribution in [3.05, 3.63) is 39.3 Å². The van der Waals surface area contributed by atoms with Gasteiger partial charge in [-0.1, -0.05) is 23.2 Å². The third-order valence-corrected chi connectivity index (χ3v) is 4.85. The van der Waals surface area contributed by atoms with Crippen LogP contribution in [0.25, 0.3) is 10.6 Å². The molecule has 0 spiro atoms. The fourth-order valence-electron chi connectivity index (χ4n) is 2.13. The van der Waals surface area contributed by atoms with Gasteiger partial charge < -0.3 is 10.0 Å². The molecule has 1 aromatic heterocycles. The molecule has 24 heavy (non-hydrogen) atoms. The van der Waals surface area contributed by atoms with Gasteiger partial charge in [-0.25, -0.2) is 4.98 Å². The molecule has 5 nitrogen and oxygen atoms in total. The zero-order valence-corrected chi connectivity index (χ0v) is 15.3. The number of thiazole rings is 1. The maximum atomic E-state index is 12.3. The van der Waals surface area contributed by atoms with Crippen molar-refractivity contribution in [1.82, 2.24) is 9.88 Å². The van der Waals surface area contributed by atoms with E-state index in [1.54, 1.807) is 18.2 Å². The van der Waals surface area contributed by atoms with Crippen molar-refractivity contribution >= 4 is 46.4 Å². The van der Waals surface area contributed by atoms with Crippen LogP contribution in [-0.2, 0) is 16.0 Å². The second-order valence-electron chi connectivity index (χ2n) is 5.06. The zero-order chi connectivity index (χ0) is 17.7. The number of nitrogens with zero attached hydrogens (tertiary/aromatic N) is 2. The molecule has 1 N–H and O–H groups in total. The Morgan fingerprint density at radius 1 is 1.33 bits per heavy atom. The van der Waals surface area contributed by atoms with Gasteiger partial charge in [0.1, 0.15) is 5.01 Å². The van der Waals surface area contributed by atoms with Crippen LogP contribution in [0.3, 0.4) is 0 Å². The van der Waals surface area contributed by atoms with E-state index in [1.165, 1.54) is 16.2 Å². The second kappa shape index (κ2) is 8.46. The number of aromatic nitrogens is 1. The predicted molar refractivity (Wildman–Crippen MR) is 95.8 cm³/mol. The summed E-state index contributed by atoms with van der Waals surface area (Å²) < 4.78 is 0. The summed E-state index contributed by atoms with van der Waals surface area (Å²) in [4.78, 5) is 28.9. The van der Waals surface area contributed by atoms with Crippen LogP contribution in [0.15, 0.2) is 23.6 Å². The quantitative estimate of drug-likeness (QED) is 0.780. The first-order valence-electron chi connectivity index (χ1n) is 7.30. The number of rotatable bonds is 7. The minimum absolute atomic E-state index is 0.0672. The Bertz CT molecular complexity index is 749. The SMILES string of the molecule is CCN(CCC(=O)O)C(=O)Cc1csc(-c2ccc(Cl)cc2Cl)n1. The molecule has 8 heteroatoms. The summed E-state index contributed by atoms with van der Waals surface area (Å²) in [6.07, 6.45) is 0.0669. The fraction of sp³-hybridized carbons (Fsp3) is 0.312. The molecule has 0 aliphatic rings. The molecule has 1 heterocycles. The van der Waals surface area contributed by atoms with Crippen LogP contribution in [0.1, 0.15) is 19.0 Å². The topological polar surface area (TPSA) is 70.5 Å². The zero-order valence-electron chi connectivity index (χ0n) is 13.0. The van der Waals surface area contributed by atoms with Crippen molar-refractivity contribution in [2.45, 2.75) is 19.8 Å². The van der Waals surface area contributed by atoms with Gasteiger partial charge in [0.05, 0.1) is 23.6 Å². The number of amides is 1. The first-order valence-corrected chi connectivity index (χ1v) is 8.93. The van der Waals surface area contributed by atoms with Crippen molar-refractivity contribution in [2.75, 3.05) is 13.1 Å². The number of hydrogen-bond acceptors (Lipinski definition) is 4. The van der Waals surface area contributed by atoms with Crippen molar-refractivity contribution in [3.63, 3.8) is 0 Å². The molecule has 0 unspecified atom stereocenters. The maximum absolute atomic E-state index is 12.3. The van der Waals surface area contributed by atoms with Gasteiger partial charge >= 0.3 is 5.97 Å². The monoisotopic (exact) mass is 386 g/mol. The molecule has 1 aromatic carbocycles. The first-order chi connectivity index (χ1) is 11.4. The number of benzene rings is 1. The Kier molecular flexibility index (Phi) is 6.60. The van der Waals surface area contributed by atoms with E-state index in [0.29, 0.717) is 27.3 Å². The molecule has 0 fully saturated rings. The van der Waals surface area contributed by atoms with E-state index in [2.05, 4.69) is 4.98 Å². The second-order valence-corrected chi connectivity index (χ2v) is 6.76. The lowest BCUT2D eigenvalue weighted by Crippen LogP contribution is -2.34. The Balaban J connectivity index is 2.07. The lowest BCUT2D eigenvalue weighted by atomic mass is 10.2. The van der Waals surface area contributed by atoms with E-state index in [4.69, 9.17) is 28.3 Å². The van der Waals surface area contributed by atoms with Gasteiger partial charge in [-0.15, -0.1) is 11.3 Å². The van der Waals surface area contributed by atoms with Crippen molar-refractivity contribution in [2.24, 2.45) is 0 Å². The molecule has 0 aliphatic heterocycles. The number of carbonyl (C=O) groups excluding carboxylic acids is 1. The van der Waals surface area contributed by atoms with Crippen molar-refractivity contribution < 1.29 is 14.7 Å². The van der Waals surface area contributed by atoms with Crippen molar-refractivity contribution in [3.8, 4) is 10.6 Å². The van der Waals surface area contributed by atoms with Gasteiger partial charge in [0.25, 0.3) is 0 Å².